The molecule has 80 valence electrons. The van der Waals surface area contributed by atoms with E-state index in [0.717, 1.165) is 5.69 Å². The summed E-state index contributed by atoms with van der Waals surface area (Å²) in [5, 5.41) is 0. The summed E-state index contributed by atoms with van der Waals surface area (Å²) in [5.41, 5.74) is 1.32. The number of ether oxygens (including phenoxy) is 1. The maximum Gasteiger partial charge on any atom is 0.345 e. The summed E-state index contributed by atoms with van der Waals surface area (Å²) in [7, 11) is 0. The molecule has 0 aliphatic carbocycles. The van der Waals surface area contributed by atoms with Crippen LogP contribution in [-0.4, -0.2) is 11.0 Å². The Morgan fingerprint density at radius 3 is 2.50 bits per heavy atom. The summed E-state index contributed by atoms with van der Waals surface area (Å²) in [5.74, 6) is 0.145. The van der Waals surface area contributed by atoms with Gasteiger partial charge in [-0.25, -0.2) is 4.79 Å². The van der Waals surface area contributed by atoms with Crippen molar-refractivity contribution >= 4 is 5.97 Å². The van der Waals surface area contributed by atoms with Gasteiger partial charge in [0.1, 0.15) is 5.75 Å². The van der Waals surface area contributed by atoms with Gasteiger partial charge in [0.15, 0.2) is 0 Å². The van der Waals surface area contributed by atoms with Gasteiger partial charge in [0.05, 0.1) is 5.56 Å². The Hall–Kier alpha value is -2.16. The van der Waals surface area contributed by atoms with Gasteiger partial charge in [0.25, 0.3) is 0 Å². The van der Waals surface area contributed by atoms with E-state index in [1.54, 1.807) is 24.3 Å². The fraction of sp³-hybridized carbons (Fsp3) is 0.0769. The lowest BCUT2D eigenvalue weighted by Crippen LogP contribution is -2.08. The molecule has 0 bridgehead atoms. The number of hydrogen-bond donors (Lipinski definition) is 0. The zero-order valence-corrected chi connectivity index (χ0v) is 8.88. The summed E-state index contributed by atoms with van der Waals surface area (Å²) in [6.07, 6.45) is 1.51. The number of carbonyl (C=O) groups excluding carboxylic acids is 1. The van der Waals surface area contributed by atoms with Gasteiger partial charge in [0, 0.05) is 11.9 Å². The second kappa shape index (κ2) is 4.57. The van der Waals surface area contributed by atoms with Gasteiger partial charge in [-0.3, -0.25) is 4.98 Å². The molecule has 3 heteroatoms. The average Bonchev–Trinajstić information content (AvgIpc) is 2.31. The van der Waals surface area contributed by atoms with E-state index >= 15 is 0 Å². The summed E-state index contributed by atoms with van der Waals surface area (Å²) in [6.45, 7) is 1.87. The molecule has 2 rings (SSSR count). The first kappa shape index (κ1) is 10.4. The first-order chi connectivity index (χ1) is 7.75. The van der Waals surface area contributed by atoms with Gasteiger partial charge in [-0.05, 0) is 31.2 Å². The number of para-hydroxylation sites is 1. The second-order valence-corrected chi connectivity index (χ2v) is 3.39. The van der Waals surface area contributed by atoms with Crippen LogP contribution < -0.4 is 4.74 Å². The first-order valence-electron chi connectivity index (χ1n) is 4.95. The molecule has 0 radical (unpaired) electrons. The topological polar surface area (TPSA) is 39.2 Å². The predicted molar refractivity (Wildman–Crippen MR) is 60.4 cm³/mol. The highest BCUT2D eigenvalue weighted by Gasteiger charge is 2.07. The van der Waals surface area contributed by atoms with E-state index in [9.17, 15) is 4.79 Å². The largest absolute Gasteiger partial charge is 0.423 e. The number of carbonyl (C=O) groups is 1. The van der Waals surface area contributed by atoms with Crippen LogP contribution in [0.4, 0.5) is 0 Å². The van der Waals surface area contributed by atoms with Gasteiger partial charge < -0.3 is 4.74 Å². The van der Waals surface area contributed by atoms with Crippen molar-refractivity contribution in [1.29, 1.82) is 0 Å². The van der Waals surface area contributed by atoms with Crippen LogP contribution in [0.5, 0.6) is 5.75 Å². The Kier molecular flexibility index (Phi) is 2.96. The lowest BCUT2D eigenvalue weighted by Gasteiger charge is -2.03. The molecule has 1 heterocycles. The number of benzene rings is 1. The van der Waals surface area contributed by atoms with Crippen molar-refractivity contribution < 1.29 is 9.53 Å². The number of pyridine rings is 1. The molecule has 16 heavy (non-hydrogen) atoms. The fourth-order valence-electron chi connectivity index (χ4n) is 1.24. The maximum atomic E-state index is 11.7. The van der Waals surface area contributed by atoms with Crippen molar-refractivity contribution in [2.75, 3.05) is 0 Å². The van der Waals surface area contributed by atoms with Crippen LogP contribution in [0.25, 0.3) is 0 Å². The van der Waals surface area contributed by atoms with E-state index in [2.05, 4.69) is 4.98 Å². The standard InChI is InChI=1S/C13H11NO2/c1-10-7-8-11(9-14-10)13(15)16-12-5-3-2-4-6-12/h2-9H,1H3. The smallest absolute Gasteiger partial charge is 0.345 e. The minimum atomic E-state index is -0.390. The van der Waals surface area contributed by atoms with Crippen LogP contribution in [0.3, 0.4) is 0 Å². The Balaban J connectivity index is 2.12. The lowest BCUT2D eigenvalue weighted by molar-refractivity contribution is 0.0734. The fourth-order valence-corrected chi connectivity index (χ4v) is 1.24. The molecular weight excluding hydrogens is 202 g/mol. The Morgan fingerprint density at radius 2 is 1.88 bits per heavy atom. The minimum Gasteiger partial charge on any atom is -0.423 e. The molecule has 0 atom stereocenters. The summed E-state index contributed by atoms with van der Waals surface area (Å²) >= 11 is 0. The molecule has 0 saturated heterocycles. The van der Waals surface area contributed by atoms with E-state index in [4.69, 9.17) is 4.74 Å². The lowest BCUT2D eigenvalue weighted by atomic mass is 10.2. The van der Waals surface area contributed by atoms with Gasteiger partial charge in [-0.15, -0.1) is 0 Å². The number of aromatic nitrogens is 1. The zero-order chi connectivity index (χ0) is 11.4. The Labute approximate surface area is 93.7 Å². The molecule has 0 spiro atoms. The third-order valence-corrected chi connectivity index (χ3v) is 2.10. The Morgan fingerprint density at radius 1 is 1.12 bits per heavy atom. The van der Waals surface area contributed by atoms with Gasteiger partial charge >= 0.3 is 5.97 Å². The number of aryl methyl sites for hydroxylation is 1. The molecule has 3 nitrogen and oxygen atoms in total. The van der Waals surface area contributed by atoms with E-state index in [-0.39, 0.29) is 0 Å². The quantitative estimate of drug-likeness (QED) is 0.568. The SMILES string of the molecule is Cc1ccc(C(=O)Oc2ccccc2)cn1. The molecule has 0 fully saturated rings. The minimum absolute atomic E-state index is 0.390. The highest BCUT2D eigenvalue weighted by atomic mass is 16.5. The van der Waals surface area contributed by atoms with E-state index in [0.29, 0.717) is 11.3 Å². The maximum absolute atomic E-state index is 11.7. The molecular formula is C13H11NO2. The third-order valence-electron chi connectivity index (χ3n) is 2.10. The van der Waals surface area contributed by atoms with Crippen LogP contribution in [-0.2, 0) is 0 Å². The first-order valence-corrected chi connectivity index (χ1v) is 4.95. The van der Waals surface area contributed by atoms with Gasteiger partial charge in [0.2, 0.25) is 0 Å². The summed E-state index contributed by atoms with van der Waals surface area (Å²) in [6, 6.07) is 12.4. The molecule has 1 aromatic carbocycles. The van der Waals surface area contributed by atoms with E-state index in [1.807, 2.05) is 25.1 Å². The highest BCUT2D eigenvalue weighted by Crippen LogP contribution is 2.11. The molecule has 2 aromatic rings. The van der Waals surface area contributed by atoms with Gasteiger partial charge in [-0.2, -0.15) is 0 Å². The van der Waals surface area contributed by atoms with Crippen LogP contribution in [0.2, 0.25) is 0 Å². The molecule has 0 saturated carbocycles. The summed E-state index contributed by atoms with van der Waals surface area (Å²) in [4.78, 5) is 15.7. The second-order valence-electron chi connectivity index (χ2n) is 3.39. The van der Waals surface area contributed by atoms with Gasteiger partial charge in [-0.1, -0.05) is 18.2 Å². The number of nitrogens with zero attached hydrogens (tertiary/aromatic N) is 1. The molecule has 0 aliphatic rings. The number of esters is 1. The van der Waals surface area contributed by atoms with E-state index < -0.39 is 5.97 Å². The van der Waals surface area contributed by atoms with Crippen molar-refractivity contribution in [1.82, 2.24) is 4.98 Å². The van der Waals surface area contributed by atoms with Crippen LogP contribution in [0.1, 0.15) is 16.1 Å². The normalized spacial score (nSPS) is 9.81. The molecule has 0 N–H and O–H groups in total. The van der Waals surface area contributed by atoms with Crippen LogP contribution in [0, 0.1) is 6.92 Å². The van der Waals surface area contributed by atoms with Crippen molar-refractivity contribution in [3.63, 3.8) is 0 Å². The summed E-state index contributed by atoms with van der Waals surface area (Å²) < 4.78 is 5.16. The van der Waals surface area contributed by atoms with Crippen molar-refractivity contribution in [2.24, 2.45) is 0 Å². The average molecular weight is 213 g/mol. The monoisotopic (exact) mass is 213 g/mol. The molecule has 0 aliphatic heterocycles. The molecule has 0 amide bonds. The van der Waals surface area contributed by atoms with E-state index in [1.165, 1.54) is 6.20 Å². The number of hydrogen-bond acceptors (Lipinski definition) is 3. The highest BCUT2D eigenvalue weighted by molar-refractivity contribution is 5.90. The van der Waals surface area contributed by atoms with Crippen LogP contribution >= 0.6 is 0 Å². The van der Waals surface area contributed by atoms with Crippen LogP contribution in [0.15, 0.2) is 48.7 Å². The van der Waals surface area contributed by atoms with Crippen molar-refractivity contribution in [3.05, 3.63) is 59.9 Å². The van der Waals surface area contributed by atoms with Crippen molar-refractivity contribution in [3.8, 4) is 5.75 Å². The molecule has 0 unspecified atom stereocenters. The van der Waals surface area contributed by atoms with Crippen molar-refractivity contribution in [2.45, 2.75) is 6.92 Å². The zero-order valence-electron chi connectivity index (χ0n) is 8.88. The Bertz CT molecular complexity index is 477. The predicted octanol–water partition coefficient (Wildman–Crippen LogP) is 2.61. The number of rotatable bonds is 2. The third kappa shape index (κ3) is 2.45. The molecule has 1 aromatic heterocycles.